The predicted octanol–water partition coefficient (Wildman–Crippen LogP) is 5.77. The summed E-state index contributed by atoms with van der Waals surface area (Å²) < 4.78 is 12.1. The van der Waals surface area contributed by atoms with E-state index in [0.717, 1.165) is 28.7 Å². The summed E-state index contributed by atoms with van der Waals surface area (Å²) in [7, 11) is -1.13. The van der Waals surface area contributed by atoms with Gasteiger partial charge in [0.05, 0.1) is 17.0 Å². The molecule has 5 rings (SSSR count). The van der Waals surface area contributed by atoms with Gasteiger partial charge in [-0.3, -0.25) is 9.11 Å². The molecule has 2 heterocycles. The zero-order valence-corrected chi connectivity index (χ0v) is 20.1. The van der Waals surface area contributed by atoms with E-state index in [2.05, 4.69) is 22.0 Å². The summed E-state index contributed by atoms with van der Waals surface area (Å²) in [6.45, 7) is 3.31. The van der Waals surface area contributed by atoms with Crippen molar-refractivity contribution in [2.45, 2.75) is 30.7 Å². The van der Waals surface area contributed by atoms with Crippen LogP contribution < -0.4 is 0 Å². The summed E-state index contributed by atoms with van der Waals surface area (Å²) in [5, 5.41) is 11.7. The molecule has 1 unspecified atom stereocenters. The van der Waals surface area contributed by atoms with Crippen molar-refractivity contribution in [3.8, 4) is 5.88 Å². The minimum atomic E-state index is -1.13. The average molecular weight is 472 g/mol. The third-order valence-electron chi connectivity index (χ3n) is 6.40. The molecule has 0 aliphatic carbocycles. The van der Waals surface area contributed by atoms with Gasteiger partial charge in [0, 0.05) is 45.0 Å². The molecule has 1 aliphatic heterocycles. The standard InChI is InChI=1S/C28H29N3O2S/c1-34(33)23-14-15-25-24(18-23)26(28(32)30-25)27(21-8-4-2-5-9-21)29-22-12-10-20(11-13-22)19-31-16-6-3-7-17-31/h2,4-5,8-15,18,30,32H,3,6-7,16-17,19H2,1H3. The molecule has 6 heteroatoms. The first kappa shape index (κ1) is 22.6. The molecule has 1 atom stereocenters. The van der Waals surface area contributed by atoms with Crippen molar-refractivity contribution in [3.05, 3.63) is 89.5 Å². The highest BCUT2D eigenvalue weighted by Gasteiger charge is 2.19. The number of hydrogen-bond donors (Lipinski definition) is 2. The lowest BCUT2D eigenvalue weighted by atomic mass is 10.0. The molecule has 0 radical (unpaired) electrons. The zero-order chi connectivity index (χ0) is 23.5. The van der Waals surface area contributed by atoms with Crippen molar-refractivity contribution in [3.63, 3.8) is 0 Å². The number of aromatic amines is 1. The summed E-state index contributed by atoms with van der Waals surface area (Å²) in [4.78, 5) is 11.3. The third-order valence-corrected chi connectivity index (χ3v) is 7.32. The van der Waals surface area contributed by atoms with Gasteiger partial charge in [-0.15, -0.1) is 0 Å². The third kappa shape index (κ3) is 4.83. The van der Waals surface area contributed by atoms with E-state index in [1.54, 1.807) is 6.26 Å². The zero-order valence-electron chi connectivity index (χ0n) is 19.3. The van der Waals surface area contributed by atoms with E-state index in [4.69, 9.17) is 4.99 Å². The first-order valence-electron chi connectivity index (χ1n) is 11.7. The monoisotopic (exact) mass is 471 g/mol. The van der Waals surface area contributed by atoms with Gasteiger partial charge >= 0.3 is 0 Å². The van der Waals surface area contributed by atoms with Crippen LogP contribution in [0.1, 0.15) is 36.0 Å². The number of piperidine rings is 1. The first-order valence-corrected chi connectivity index (χ1v) is 13.3. The molecule has 1 aliphatic rings. The highest BCUT2D eigenvalue weighted by molar-refractivity contribution is 7.84. The number of aromatic nitrogens is 1. The Morgan fingerprint density at radius 3 is 2.44 bits per heavy atom. The van der Waals surface area contributed by atoms with Crippen molar-refractivity contribution in [1.82, 2.24) is 9.88 Å². The maximum atomic E-state index is 12.1. The normalized spacial score (nSPS) is 16.1. The molecule has 0 bridgehead atoms. The Balaban J connectivity index is 1.56. The minimum Gasteiger partial charge on any atom is -0.494 e. The maximum Gasteiger partial charge on any atom is 0.199 e. The Hall–Kier alpha value is -3.22. The van der Waals surface area contributed by atoms with Crippen molar-refractivity contribution >= 4 is 33.1 Å². The Kier molecular flexibility index (Phi) is 6.61. The van der Waals surface area contributed by atoms with Crippen molar-refractivity contribution in [1.29, 1.82) is 0 Å². The maximum absolute atomic E-state index is 12.1. The van der Waals surface area contributed by atoms with Gasteiger partial charge in [-0.05, 0) is 61.8 Å². The molecule has 174 valence electrons. The van der Waals surface area contributed by atoms with Gasteiger partial charge in [0.1, 0.15) is 0 Å². The Bertz CT molecular complexity index is 1340. The number of hydrogen-bond acceptors (Lipinski definition) is 4. The molecule has 0 saturated carbocycles. The van der Waals surface area contributed by atoms with Gasteiger partial charge in [0.15, 0.2) is 5.88 Å². The highest BCUT2D eigenvalue weighted by Crippen LogP contribution is 2.32. The molecular formula is C28H29N3O2S. The van der Waals surface area contributed by atoms with Crippen LogP contribution in [0.5, 0.6) is 5.88 Å². The van der Waals surface area contributed by atoms with Crippen LogP contribution in [0.4, 0.5) is 5.69 Å². The number of likely N-dealkylation sites (tertiary alicyclic amines) is 1. The lowest BCUT2D eigenvalue weighted by molar-refractivity contribution is 0.221. The number of aliphatic imine (C=N–C) groups is 1. The second-order valence-electron chi connectivity index (χ2n) is 8.84. The van der Waals surface area contributed by atoms with Crippen LogP contribution >= 0.6 is 0 Å². The van der Waals surface area contributed by atoms with Gasteiger partial charge in [0.25, 0.3) is 0 Å². The van der Waals surface area contributed by atoms with Gasteiger partial charge in [0.2, 0.25) is 0 Å². The van der Waals surface area contributed by atoms with Gasteiger partial charge in [-0.2, -0.15) is 0 Å². The SMILES string of the molecule is CS(=O)c1ccc2[nH]c(O)c(C(=Nc3ccc(CN4CCCCC4)cc3)c3ccccc3)c2c1. The van der Waals surface area contributed by atoms with Crippen molar-refractivity contribution in [2.75, 3.05) is 19.3 Å². The fourth-order valence-electron chi connectivity index (χ4n) is 4.62. The van der Waals surface area contributed by atoms with E-state index in [1.807, 2.05) is 60.7 Å². The predicted molar refractivity (Wildman–Crippen MR) is 140 cm³/mol. The summed E-state index contributed by atoms with van der Waals surface area (Å²) in [6, 6.07) is 23.8. The van der Waals surface area contributed by atoms with Crippen molar-refractivity contribution < 1.29 is 9.32 Å². The Labute approximate surface area is 202 Å². The second-order valence-corrected chi connectivity index (χ2v) is 10.2. The van der Waals surface area contributed by atoms with Crippen LogP contribution in [0.3, 0.4) is 0 Å². The fourth-order valence-corrected chi connectivity index (χ4v) is 5.16. The van der Waals surface area contributed by atoms with Crippen LogP contribution in [-0.4, -0.2) is 44.3 Å². The number of rotatable bonds is 6. The van der Waals surface area contributed by atoms with Crippen LogP contribution in [0, 0.1) is 0 Å². The fraction of sp³-hybridized carbons (Fsp3) is 0.250. The summed E-state index contributed by atoms with van der Waals surface area (Å²) in [5.41, 5.74) is 5.08. The van der Waals surface area contributed by atoms with Crippen LogP contribution in [0.15, 0.2) is 82.7 Å². The van der Waals surface area contributed by atoms with E-state index in [-0.39, 0.29) is 5.88 Å². The number of benzene rings is 3. The Morgan fingerprint density at radius 2 is 1.74 bits per heavy atom. The lowest BCUT2D eigenvalue weighted by Crippen LogP contribution is -2.28. The largest absolute Gasteiger partial charge is 0.494 e. The van der Waals surface area contributed by atoms with Gasteiger partial charge < -0.3 is 10.1 Å². The number of fused-ring (bicyclic) bond motifs is 1. The summed E-state index contributed by atoms with van der Waals surface area (Å²) in [5.74, 6) is 0.0540. The molecule has 1 saturated heterocycles. The Morgan fingerprint density at radius 1 is 1.00 bits per heavy atom. The number of nitrogens with zero attached hydrogens (tertiary/aromatic N) is 2. The van der Waals surface area contributed by atoms with Crippen molar-refractivity contribution in [2.24, 2.45) is 4.99 Å². The van der Waals surface area contributed by atoms with Gasteiger partial charge in [-0.25, -0.2) is 4.99 Å². The highest BCUT2D eigenvalue weighted by atomic mass is 32.2. The first-order chi connectivity index (χ1) is 16.6. The topological polar surface area (TPSA) is 68.7 Å². The number of aromatic hydroxyl groups is 1. The number of H-pyrrole nitrogens is 1. The molecule has 0 spiro atoms. The molecule has 4 aromatic rings. The lowest BCUT2D eigenvalue weighted by Gasteiger charge is -2.26. The molecule has 5 nitrogen and oxygen atoms in total. The average Bonchev–Trinajstić information content (AvgIpc) is 3.19. The van der Waals surface area contributed by atoms with Crippen LogP contribution in [0.2, 0.25) is 0 Å². The molecule has 1 aromatic heterocycles. The van der Waals surface area contributed by atoms with E-state index in [9.17, 15) is 9.32 Å². The molecule has 1 fully saturated rings. The smallest absolute Gasteiger partial charge is 0.199 e. The van der Waals surface area contributed by atoms with Gasteiger partial charge in [-0.1, -0.05) is 48.9 Å². The summed E-state index contributed by atoms with van der Waals surface area (Å²) in [6.07, 6.45) is 5.56. The molecule has 0 amide bonds. The molecule has 34 heavy (non-hydrogen) atoms. The second kappa shape index (κ2) is 9.95. The van der Waals surface area contributed by atoms with Crippen LogP contribution in [-0.2, 0) is 17.3 Å². The van der Waals surface area contributed by atoms with E-state index >= 15 is 0 Å². The molecule has 3 aromatic carbocycles. The molecular weight excluding hydrogens is 442 g/mol. The quantitative estimate of drug-likeness (QED) is 0.351. The van der Waals surface area contributed by atoms with Crippen LogP contribution in [0.25, 0.3) is 10.9 Å². The van der Waals surface area contributed by atoms with E-state index in [0.29, 0.717) is 16.2 Å². The van der Waals surface area contributed by atoms with E-state index < -0.39 is 10.8 Å². The molecule has 2 N–H and O–H groups in total. The summed E-state index contributed by atoms with van der Waals surface area (Å²) >= 11 is 0. The minimum absolute atomic E-state index is 0.0540. The number of nitrogens with one attached hydrogen (secondary N) is 1. The van der Waals surface area contributed by atoms with E-state index in [1.165, 1.54) is 37.9 Å².